The Balaban J connectivity index is 0.932. The zero-order valence-electron chi connectivity index (χ0n) is 29.3. The highest BCUT2D eigenvalue weighted by Gasteiger charge is 2.54. The summed E-state index contributed by atoms with van der Waals surface area (Å²) in [7, 11) is 0. The zero-order chi connectivity index (χ0) is 34.4. The number of rotatable bonds is 12. The Morgan fingerprint density at radius 1 is 0.837 bits per heavy atom. The number of fused-ring (bicyclic) bond motifs is 3. The summed E-state index contributed by atoms with van der Waals surface area (Å²) in [6.45, 7) is 17.4. The molecule has 0 saturated carbocycles. The zero-order valence-corrected chi connectivity index (χ0v) is 29.3. The minimum Gasteiger partial charge on any atom is -0.489 e. The van der Waals surface area contributed by atoms with Gasteiger partial charge in [-0.05, 0) is 116 Å². The van der Waals surface area contributed by atoms with E-state index < -0.39 is 11.6 Å². The second-order valence-electron chi connectivity index (χ2n) is 14.4. The van der Waals surface area contributed by atoms with E-state index in [2.05, 4.69) is 46.4 Å². The van der Waals surface area contributed by atoms with E-state index in [4.69, 9.17) is 37.6 Å². The van der Waals surface area contributed by atoms with Crippen molar-refractivity contribution in [3.8, 4) is 23.0 Å². The first-order valence-corrected chi connectivity index (χ1v) is 17.1. The van der Waals surface area contributed by atoms with Crippen LogP contribution in [0.5, 0.6) is 23.0 Å². The standard InChI is InChI=1S/C41H46O8/c1-26(8-14-36-39(4,5)47-36)17-21-42-30-12-11-29-16-20-41(46-33(29)24-30)48-37(40(6,7)49-41)15-9-27(2)18-22-44-38-31-13-10-28(3)45-35(31)25-34-32(38)19-23-43-34/h10-13,16-20,23-25,36-37H,3,8-9,14-15,21-22H2,1-2,4-7H3/b26-17+,27-18+. The molecule has 8 nitrogen and oxygen atoms in total. The predicted octanol–water partition coefficient (Wildman–Crippen LogP) is 9.69. The highest BCUT2D eigenvalue weighted by molar-refractivity contribution is 5.91. The number of ether oxygens (including phenoxy) is 7. The molecule has 0 aliphatic carbocycles. The van der Waals surface area contributed by atoms with Gasteiger partial charge in [-0.15, -0.1) is 0 Å². The van der Waals surface area contributed by atoms with Gasteiger partial charge in [0, 0.05) is 23.8 Å². The number of hydrogen-bond acceptors (Lipinski definition) is 8. The molecule has 2 saturated heterocycles. The van der Waals surface area contributed by atoms with Crippen molar-refractivity contribution in [3.63, 3.8) is 0 Å². The molecule has 2 fully saturated rings. The Kier molecular flexibility index (Phi) is 8.76. The summed E-state index contributed by atoms with van der Waals surface area (Å²) in [5.74, 6) is 2.09. The average Bonchev–Trinajstić information content (AvgIpc) is 3.31. The van der Waals surface area contributed by atoms with Gasteiger partial charge in [-0.25, -0.2) is 0 Å². The fraction of sp³-hybridized carbons (Fsp3) is 0.415. The van der Waals surface area contributed by atoms with Crippen LogP contribution in [0.3, 0.4) is 0 Å². The van der Waals surface area contributed by atoms with E-state index in [1.165, 1.54) is 11.1 Å². The van der Waals surface area contributed by atoms with E-state index in [-0.39, 0.29) is 11.7 Å². The van der Waals surface area contributed by atoms with E-state index >= 15 is 0 Å². The molecule has 0 amide bonds. The van der Waals surface area contributed by atoms with E-state index in [0.29, 0.717) is 42.2 Å². The summed E-state index contributed by atoms with van der Waals surface area (Å²) in [6, 6.07) is 9.64. The summed E-state index contributed by atoms with van der Waals surface area (Å²) in [5, 5.41) is 0.904. The normalized spacial score (nSPS) is 24.8. The van der Waals surface area contributed by atoms with Crippen LogP contribution in [-0.4, -0.2) is 42.6 Å². The molecule has 2 aromatic carbocycles. The fourth-order valence-electron chi connectivity index (χ4n) is 6.56. The van der Waals surface area contributed by atoms with Gasteiger partial charge in [0.05, 0.1) is 40.6 Å². The Morgan fingerprint density at radius 3 is 2.29 bits per heavy atom. The van der Waals surface area contributed by atoms with Gasteiger partial charge in [0.2, 0.25) is 0 Å². The highest BCUT2D eigenvalue weighted by Crippen LogP contribution is 2.45. The van der Waals surface area contributed by atoms with Crippen molar-refractivity contribution in [2.45, 2.75) is 96.6 Å². The van der Waals surface area contributed by atoms with Crippen LogP contribution in [0.15, 0.2) is 88.8 Å². The predicted molar refractivity (Wildman–Crippen MR) is 190 cm³/mol. The third-order valence-corrected chi connectivity index (χ3v) is 9.69. The number of benzene rings is 2. The maximum atomic E-state index is 6.53. The summed E-state index contributed by atoms with van der Waals surface area (Å²) in [4.78, 5) is 0. The minimum atomic E-state index is -1.29. The molecular weight excluding hydrogens is 620 g/mol. The summed E-state index contributed by atoms with van der Waals surface area (Å²) >= 11 is 0. The van der Waals surface area contributed by atoms with Gasteiger partial charge in [0.1, 0.15) is 47.6 Å². The highest BCUT2D eigenvalue weighted by atomic mass is 16.9. The quantitative estimate of drug-likeness (QED) is 0.140. The van der Waals surface area contributed by atoms with Gasteiger partial charge < -0.3 is 37.6 Å². The third kappa shape index (κ3) is 7.23. The van der Waals surface area contributed by atoms with Crippen molar-refractivity contribution >= 4 is 23.1 Å². The van der Waals surface area contributed by atoms with Crippen LogP contribution in [0.2, 0.25) is 0 Å². The Morgan fingerprint density at radius 2 is 1.55 bits per heavy atom. The van der Waals surface area contributed by atoms with Gasteiger partial charge in [-0.1, -0.05) is 17.7 Å². The lowest BCUT2D eigenvalue weighted by atomic mass is 9.96. The molecule has 8 heteroatoms. The van der Waals surface area contributed by atoms with Crippen LogP contribution >= 0.6 is 0 Å². The summed E-state index contributed by atoms with van der Waals surface area (Å²) < 4.78 is 48.9. The fourth-order valence-corrected chi connectivity index (χ4v) is 6.56. The molecule has 0 N–H and O–H groups in total. The monoisotopic (exact) mass is 666 g/mol. The van der Waals surface area contributed by atoms with Crippen LogP contribution in [0.25, 0.3) is 23.1 Å². The third-order valence-electron chi connectivity index (χ3n) is 9.69. The molecule has 4 aliphatic heterocycles. The first-order valence-electron chi connectivity index (χ1n) is 17.1. The van der Waals surface area contributed by atoms with Crippen molar-refractivity contribution in [1.29, 1.82) is 0 Å². The molecule has 0 radical (unpaired) electrons. The van der Waals surface area contributed by atoms with Gasteiger partial charge in [0.25, 0.3) is 0 Å². The SMILES string of the molecule is C=C1C=Cc2c(cc3occc3c2OC/C=C(\C)CCC2OC3(C=Cc4ccc(OC/C=C(\C)CCC5OC5(C)C)cc4O3)OC2(C)C)O1. The van der Waals surface area contributed by atoms with E-state index in [1.807, 2.05) is 68.5 Å². The van der Waals surface area contributed by atoms with E-state index in [1.54, 1.807) is 6.26 Å². The Bertz CT molecular complexity index is 1870. The smallest absolute Gasteiger partial charge is 0.350 e. The molecule has 4 aliphatic rings. The van der Waals surface area contributed by atoms with Crippen LogP contribution < -0.4 is 18.9 Å². The van der Waals surface area contributed by atoms with Crippen molar-refractivity contribution in [2.75, 3.05) is 13.2 Å². The topological polar surface area (TPSA) is 81.1 Å². The summed E-state index contributed by atoms with van der Waals surface area (Å²) in [6.07, 6.45) is 17.3. The van der Waals surface area contributed by atoms with Gasteiger partial charge >= 0.3 is 5.97 Å². The van der Waals surface area contributed by atoms with Crippen molar-refractivity contribution in [3.05, 3.63) is 95.5 Å². The molecule has 7 rings (SSSR count). The second-order valence-corrected chi connectivity index (χ2v) is 14.4. The lowest BCUT2D eigenvalue weighted by Crippen LogP contribution is -2.38. The molecule has 0 bridgehead atoms. The first-order chi connectivity index (χ1) is 23.4. The van der Waals surface area contributed by atoms with Gasteiger partial charge in [0.15, 0.2) is 0 Å². The summed E-state index contributed by atoms with van der Waals surface area (Å²) in [5.41, 5.74) is 4.48. The maximum Gasteiger partial charge on any atom is 0.350 e. The number of epoxide rings is 1. The van der Waals surface area contributed by atoms with Crippen molar-refractivity contribution in [1.82, 2.24) is 0 Å². The molecular formula is C41H46O8. The van der Waals surface area contributed by atoms with E-state index in [0.717, 1.165) is 53.7 Å². The number of furan rings is 1. The molecule has 258 valence electrons. The van der Waals surface area contributed by atoms with Crippen molar-refractivity contribution in [2.24, 2.45) is 0 Å². The number of allylic oxidation sites excluding steroid dienone is 3. The molecule has 1 spiro atoms. The van der Waals surface area contributed by atoms with Crippen LogP contribution in [0.4, 0.5) is 0 Å². The van der Waals surface area contributed by atoms with Gasteiger partial charge in [-0.3, -0.25) is 0 Å². The van der Waals surface area contributed by atoms with Crippen LogP contribution in [0.1, 0.15) is 78.4 Å². The molecule has 3 aromatic rings. The largest absolute Gasteiger partial charge is 0.489 e. The van der Waals surface area contributed by atoms with Crippen molar-refractivity contribution < 1.29 is 37.6 Å². The van der Waals surface area contributed by atoms with E-state index in [9.17, 15) is 0 Å². The number of hydrogen-bond donors (Lipinski definition) is 0. The molecule has 3 atom stereocenters. The molecule has 3 unspecified atom stereocenters. The van der Waals surface area contributed by atoms with Crippen LogP contribution in [0, 0.1) is 0 Å². The average molecular weight is 667 g/mol. The lowest BCUT2D eigenvalue weighted by molar-refractivity contribution is -0.270. The Labute approximate surface area is 288 Å². The minimum absolute atomic E-state index is 0.0306. The second kappa shape index (κ2) is 12.9. The first kappa shape index (κ1) is 33.3. The lowest BCUT2D eigenvalue weighted by Gasteiger charge is -2.30. The van der Waals surface area contributed by atoms with Gasteiger partial charge in [-0.2, -0.15) is 0 Å². The Hall–Kier alpha value is -4.24. The maximum absolute atomic E-state index is 6.53. The molecule has 1 aromatic heterocycles. The van der Waals surface area contributed by atoms with Crippen LogP contribution in [-0.2, 0) is 14.2 Å². The molecule has 49 heavy (non-hydrogen) atoms. The molecule has 5 heterocycles.